The van der Waals surface area contributed by atoms with Crippen LogP contribution in [0.25, 0.3) is 5.82 Å². The summed E-state index contributed by atoms with van der Waals surface area (Å²) in [4.78, 5) is 8.68. The third kappa shape index (κ3) is 3.39. The average molecular weight is 332 g/mol. The fourth-order valence-electron chi connectivity index (χ4n) is 2.19. The summed E-state index contributed by atoms with van der Waals surface area (Å²) in [6.45, 7) is 3.85. The molecule has 0 radical (unpaired) electrons. The molecule has 0 atom stereocenters. The van der Waals surface area contributed by atoms with E-state index < -0.39 is 11.6 Å². The second kappa shape index (κ2) is 6.45. The molecule has 0 amide bonds. The van der Waals surface area contributed by atoms with E-state index in [2.05, 4.69) is 15.1 Å². The van der Waals surface area contributed by atoms with E-state index in [1.165, 1.54) is 17.8 Å². The number of hydrogen-bond acceptors (Lipinski definition) is 4. The maximum atomic E-state index is 13.3. The molecular weight excluding hydrogens is 318 g/mol. The molecule has 0 unspecified atom stereocenters. The van der Waals surface area contributed by atoms with E-state index in [1.54, 1.807) is 23.1 Å². The van der Waals surface area contributed by atoms with Gasteiger partial charge in [0.05, 0.1) is 5.69 Å². The second-order valence-corrected chi connectivity index (χ2v) is 6.03. The Morgan fingerprint density at radius 3 is 2.52 bits per heavy atom. The highest BCUT2D eigenvalue weighted by Crippen LogP contribution is 2.26. The van der Waals surface area contributed by atoms with Crippen molar-refractivity contribution in [3.05, 3.63) is 65.2 Å². The molecule has 4 nitrogen and oxygen atoms in total. The molecule has 0 spiro atoms. The lowest BCUT2D eigenvalue weighted by molar-refractivity contribution is 0.507. The molecule has 0 aliphatic rings. The lowest BCUT2D eigenvalue weighted by atomic mass is 10.2. The Kier molecular flexibility index (Phi) is 4.38. The Morgan fingerprint density at radius 1 is 1.04 bits per heavy atom. The molecule has 7 heteroatoms. The van der Waals surface area contributed by atoms with Gasteiger partial charge in [-0.3, -0.25) is 0 Å². The van der Waals surface area contributed by atoms with Crippen LogP contribution in [-0.4, -0.2) is 19.7 Å². The Labute approximate surface area is 136 Å². The monoisotopic (exact) mass is 332 g/mol. The number of aryl methyl sites for hydroxylation is 2. The standard InChI is InChI=1S/C16H14F2N4S/c1-10-7-11(2)22(21-10)15-16(20-6-5-19-15)23-9-12-3-4-13(17)14(18)8-12/h3-8H,9H2,1-2H3. The van der Waals surface area contributed by atoms with Gasteiger partial charge in [0.15, 0.2) is 17.5 Å². The minimum absolute atomic E-state index is 0.461. The second-order valence-electron chi connectivity index (χ2n) is 5.06. The van der Waals surface area contributed by atoms with Crippen molar-refractivity contribution in [1.82, 2.24) is 19.7 Å². The summed E-state index contributed by atoms with van der Waals surface area (Å²) < 4.78 is 28.0. The zero-order valence-corrected chi connectivity index (χ0v) is 13.4. The van der Waals surface area contributed by atoms with Crippen LogP contribution >= 0.6 is 11.8 Å². The molecule has 0 bridgehead atoms. The van der Waals surface area contributed by atoms with Gasteiger partial charge in [-0.25, -0.2) is 23.4 Å². The van der Waals surface area contributed by atoms with Crippen LogP contribution in [0.4, 0.5) is 8.78 Å². The average Bonchev–Trinajstić information content (AvgIpc) is 2.87. The highest BCUT2D eigenvalue weighted by Gasteiger charge is 2.12. The molecule has 0 fully saturated rings. The lowest BCUT2D eigenvalue weighted by Crippen LogP contribution is -2.05. The SMILES string of the molecule is Cc1cc(C)n(-c2nccnc2SCc2ccc(F)c(F)c2)n1. The van der Waals surface area contributed by atoms with Crippen LogP contribution in [0.1, 0.15) is 17.0 Å². The van der Waals surface area contributed by atoms with Crippen LogP contribution in [-0.2, 0) is 5.75 Å². The first-order valence-corrected chi connectivity index (χ1v) is 7.94. The fourth-order valence-corrected chi connectivity index (χ4v) is 3.08. The summed E-state index contributed by atoms with van der Waals surface area (Å²) in [5.74, 6) is -0.601. The Bertz CT molecular complexity index is 848. The Morgan fingerprint density at radius 2 is 1.83 bits per heavy atom. The molecule has 0 N–H and O–H groups in total. The first-order valence-electron chi connectivity index (χ1n) is 6.96. The van der Waals surface area contributed by atoms with Crippen LogP contribution in [0.5, 0.6) is 0 Å². The van der Waals surface area contributed by atoms with E-state index >= 15 is 0 Å². The van der Waals surface area contributed by atoms with Crippen molar-refractivity contribution in [1.29, 1.82) is 0 Å². The van der Waals surface area contributed by atoms with Gasteiger partial charge in [0, 0.05) is 23.8 Å². The van der Waals surface area contributed by atoms with Gasteiger partial charge in [-0.1, -0.05) is 17.8 Å². The highest BCUT2D eigenvalue weighted by molar-refractivity contribution is 7.98. The lowest BCUT2D eigenvalue weighted by Gasteiger charge is -2.08. The summed E-state index contributed by atoms with van der Waals surface area (Å²) in [5, 5.41) is 5.10. The number of benzene rings is 1. The van der Waals surface area contributed by atoms with Gasteiger partial charge in [0.25, 0.3) is 0 Å². The van der Waals surface area contributed by atoms with Gasteiger partial charge in [-0.15, -0.1) is 0 Å². The van der Waals surface area contributed by atoms with Crippen LogP contribution in [0.3, 0.4) is 0 Å². The number of rotatable bonds is 4. The fraction of sp³-hybridized carbons (Fsp3) is 0.188. The van der Waals surface area contributed by atoms with Gasteiger partial charge < -0.3 is 0 Å². The van der Waals surface area contributed by atoms with E-state index in [-0.39, 0.29) is 0 Å². The molecule has 118 valence electrons. The van der Waals surface area contributed by atoms with Crippen molar-refractivity contribution < 1.29 is 8.78 Å². The maximum absolute atomic E-state index is 13.3. The van der Waals surface area contributed by atoms with Crippen LogP contribution in [0.15, 0.2) is 41.7 Å². The van der Waals surface area contributed by atoms with Gasteiger partial charge >= 0.3 is 0 Å². The quantitative estimate of drug-likeness (QED) is 0.681. The summed E-state index contributed by atoms with van der Waals surface area (Å²) in [5.41, 5.74) is 2.53. The minimum atomic E-state index is -0.846. The smallest absolute Gasteiger partial charge is 0.186 e. The number of hydrogen-bond donors (Lipinski definition) is 0. The summed E-state index contributed by atoms with van der Waals surface area (Å²) in [6.07, 6.45) is 3.20. The molecule has 2 heterocycles. The van der Waals surface area contributed by atoms with Gasteiger partial charge in [0.2, 0.25) is 0 Å². The van der Waals surface area contributed by atoms with Gasteiger partial charge in [-0.05, 0) is 37.6 Å². The predicted molar refractivity (Wildman–Crippen MR) is 84.5 cm³/mol. The van der Waals surface area contributed by atoms with E-state index in [0.29, 0.717) is 22.2 Å². The Hall–Kier alpha value is -2.28. The zero-order valence-electron chi connectivity index (χ0n) is 12.6. The Balaban J connectivity index is 1.86. The maximum Gasteiger partial charge on any atom is 0.186 e. The molecule has 0 saturated carbocycles. The van der Waals surface area contributed by atoms with Crippen LogP contribution in [0, 0.1) is 25.5 Å². The van der Waals surface area contributed by atoms with E-state index in [0.717, 1.165) is 17.5 Å². The molecule has 0 aliphatic carbocycles. The number of halogens is 2. The van der Waals surface area contributed by atoms with Crippen molar-refractivity contribution in [2.45, 2.75) is 24.6 Å². The molecule has 2 aromatic heterocycles. The molecular formula is C16H14F2N4S. The molecule has 0 saturated heterocycles. The first-order chi connectivity index (χ1) is 11.0. The molecule has 0 aliphatic heterocycles. The zero-order chi connectivity index (χ0) is 16.4. The van der Waals surface area contributed by atoms with Gasteiger partial charge in [0.1, 0.15) is 5.03 Å². The van der Waals surface area contributed by atoms with Crippen LogP contribution < -0.4 is 0 Å². The van der Waals surface area contributed by atoms with Crippen molar-refractivity contribution in [3.63, 3.8) is 0 Å². The van der Waals surface area contributed by atoms with Gasteiger partial charge in [-0.2, -0.15) is 5.10 Å². The molecule has 3 aromatic rings. The summed E-state index contributed by atoms with van der Waals surface area (Å²) in [6, 6.07) is 5.84. The minimum Gasteiger partial charge on any atom is -0.244 e. The van der Waals surface area contributed by atoms with Crippen molar-refractivity contribution in [3.8, 4) is 5.82 Å². The topological polar surface area (TPSA) is 43.6 Å². The number of aromatic nitrogens is 4. The predicted octanol–water partition coefficient (Wildman–Crippen LogP) is 3.85. The highest BCUT2D eigenvalue weighted by atomic mass is 32.2. The molecule has 23 heavy (non-hydrogen) atoms. The third-order valence-corrected chi connectivity index (χ3v) is 4.26. The summed E-state index contributed by atoms with van der Waals surface area (Å²) in [7, 11) is 0. The molecule has 3 rings (SSSR count). The van der Waals surface area contributed by atoms with Crippen molar-refractivity contribution in [2.24, 2.45) is 0 Å². The number of thioether (sulfide) groups is 1. The van der Waals surface area contributed by atoms with E-state index in [1.807, 2.05) is 19.9 Å². The normalized spacial score (nSPS) is 11.0. The summed E-state index contributed by atoms with van der Waals surface area (Å²) >= 11 is 1.40. The van der Waals surface area contributed by atoms with E-state index in [9.17, 15) is 8.78 Å². The third-order valence-electron chi connectivity index (χ3n) is 3.22. The number of nitrogens with zero attached hydrogens (tertiary/aromatic N) is 4. The largest absolute Gasteiger partial charge is 0.244 e. The van der Waals surface area contributed by atoms with Crippen molar-refractivity contribution >= 4 is 11.8 Å². The van der Waals surface area contributed by atoms with Crippen LogP contribution in [0.2, 0.25) is 0 Å². The van der Waals surface area contributed by atoms with Crippen molar-refractivity contribution in [2.75, 3.05) is 0 Å². The van der Waals surface area contributed by atoms with E-state index in [4.69, 9.17) is 0 Å². The first kappa shape index (κ1) is 15.6. The molecule has 1 aromatic carbocycles.